The van der Waals surface area contributed by atoms with Gasteiger partial charge < -0.3 is 19.7 Å². The lowest BCUT2D eigenvalue weighted by molar-refractivity contribution is -0.132. The molecule has 0 spiro atoms. The highest BCUT2D eigenvalue weighted by molar-refractivity contribution is 6.09. The van der Waals surface area contributed by atoms with E-state index in [9.17, 15) is 9.59 Å². The minimum Gasteiger partial charge on any atom is -0.493 e. The summed E-state index contributed by atoms with van der Waals surface area (Å²) in [6.45, 7) is 2.97. The standard InChI is InChI=1S/C22H26N2O4/c1-4-15-5-8-17(9-6-15)24-12-11-18(22(24)26)21(25)23-14-16-7-10-19(27-2)20(13-16)28-3/h5-10,13,18H,4,11-12,14H2,1-3H3,(H,23,25). The minimum atomic E-state index is -0.647. The van der Waals surface area contributed by atoms with E-state index in [1.165, 1.54) is 5.56 Å². The van der Waals surface area contributed by atoms with Gasteiger partial charge >= 0.3 is 0 Å². The van der Waals surface area contributed by atoms with Gasteiger partial charge in [-0.3, -0.25) is 9.59 Å². The van der Waals surface area contributed by atoms with Crippen LogP contribution < -0.4 is 19.7 Å². The van der Waals surface area contributed by atoms with Crippen LogP contribution in [0, 0.1) is 5.92 Å². The molecule has 2 aromatic carbocycles. The SMILES string of the molecule is CCc1ccc(N2CCC(C(=O)NCc3ccc(OC)c(OC)c3)C2=O)cc1. The maximum Gasteiger partial charge on any atom is 0.239 e. The van der Waals surface area contributed by atoms with E-state index in [4.69, 9.17) is 9.47 Å². The van der Waals surface area contributed by atoms with Gasteiger partial charge in [0.2, 0.25) is 11.8 Å². The van der Waals surface area contributed by atoms with Crippen molar-refractivity contribution < 1.29 is 19.1 Å². The fourth-order valence-corrected chi connectivity index (χ4v) is 3.39. The maximum atomic E-state index is 12.7. The number of anilines is 1. The van der Waals surface area contributed by atoms with Crippen LogP contribution in [0.1, 0.15) is 24.5 Å². The predicted molar refractivity (Wildman–Crippen MR) is 108 cm³/mol. The van der Waals surface area contributed by atoms with Gasteiger partial charge in [0.1, 0.15) is 5.92 Å². The molecule has 3 rings (SSSR count). The molecule has 1 fully saturated rings. The minimum absolute atomic E-state index is 0.144. The van der Waals surface area contributed by atoms with Crippen molar-refractivity contribution in [1.29, 1.82) is 0 Å². The number of hydrogen-bond acceptors (Lipinski definition) is 4. The third-order valence-corrected chi connectivity index (χ3v) is 5.09. The van der Waals surface area contributed by atoms with Gasteiger partial charge in [-0.25, -0.2) is 0 Å². The van der Waals surface area contributed by atoms with Gasteiger partial charge in [-0.05, 0) is 48.2 Å². The summed E-state index contributed by atoms with van der Waals surface area (Å²) in [7, 11) is 3.14. The van der Waals surface area contributed by atoms with Crippen LogP contribution >= 0.6 is 0 Å². The zero-order valence-corrected chi connectivity index (χ0v) is 16.5. The Kier molecular flexibility index (Phi) is 6.19. The van der Waals surface area contributed by atoms with Crippen molar-refractivity contribution in [2.24, 2.45) is 5.92 Å². The molecule has 6 nitrogen and oxygen atoms in total. The molecule has 0 bridgehead atoms. The number of carbonyl (C=O) groups is 2. The van der Waals surface area contributed by atoms with E-state index in [1.807, 2.05) is 36.4 Å². The number of nitrogens with one attached hydrogen (secondary N) is 1. The Bertz CT molecular complexity index is 848. The largest absolute Gasteiger partial charge is 0.493 e. The lowest BCUT2D eigenvalue weighted by Gasteiger charge is -2.17. The summed E-state index contributed by atoms with van der Waals surface area (Å²) < 4.78 is 10.5. The highest BCUT2D eigenvalue weighted by Gasteiger charge is 2.37. The first-order valence-corrected chi connectivity index (χ1v) is 9.46. The average Bonchev–Trinajstić information content (AvgIpc) is 3.13. The van der Waals surface area contributed by atoms with E-state index in [-0.39, 0.29) is 11.8 Å². The second-order valence-electron chi connectivity index (χ2n) is 6.76. The van der Waals surface area contributed by atoms with Crippen LogP contribution in [0.5, 0.6) is 11.5 Å². The molecule has 1 aliphatic rings. The Balaban J connectivity index is 1.61. The first kappa shape index (κ1) is 19.7. The van der Waals surface area contributed by atoms with Crippen LogP contribution in [-0.4, -0.2) is 32.6 Å². The lowest BCUT2D eigenvalue weighted by Crippen LogP contribution is -2.36. The monoisotopic (exact) mass is 382 g/mol. The molecule has 1 N–H and O–H groups in total. The van der Waals surface area contributed by atoms with E-state index in [2.05, 4.69) is 12.2 Å². The summed E-state index contributed by atoms with van der Waals surface area (Å²) in [6, 6.07) is 13.4. The Hall–Kier alpha value is -3.02. The van der Waals surface area contributed by atoms with Crippen molar-refractivity contribution in [3.8, 4) is 11.5 Å². The van der Waals surface area contributed by atoms with Crippen LogP contribution in [0.2, 0.25) is 0 Å². The molecule has 1 atom stereocenters. The molecule has 0 aromatic heterocycles. The molecule has 2 aromatic rings. The summed E-state index contributed by atoms with van der Waals surface area (Å²) >= 11 is 0. The van der Waals surface area contributed by atoms with Crippen molar-refractivity contribution in [3.05, 3.63) is 53.6 Å². The van der Waals surface area contributed by atoms with Crippen LogP contribution in [-0.2, 0) is 22.6 Å². The molecule has 1 aliphatic heterocycles. The van der Waals surface area contributed by atoms with Crippen LogP contribution in [0.15, 0.2) is 42.5 Å². The number of methoxy groups -OCH3 is 2. The Labute approximate surface area is 165 Å². The number of amides is 2. The van der Waals surface area contributed by atoms with Gasteiger partial charge in [-0.2, -0.15) is 0 Å². The van der Waals surface area contributed by atoms with Gasteiger partial charge in [0.05, 0.1) is 14.2 Å². The molecule has 0 aliphatic carbocycles. The first-order valence-electron chi connectivity index (χ1n) is 9.46. The zero-order chi connectivity index (χ0) is 20.1. The van der Waals surface area contributed by atoms with Gasteiger partial charge in [0, 0.05) is 18.8 Å². The molecular formula is C22H26N2O4. The molecule has 0 saturated carbocycles. The molecule has 1 saturated heterocycles. The number of ether oxygens (including phenoxy) is 2. The van der Waals surface area contributed by atoms with E-state index in [0.29, 0.717) is 31.0 Å². The highest BCUT2D eigenvalue weighted by Crippen LogP contribution is 2.28. The molecule has 1 heterocycles. The Morgan fingerprint density at radius 2 is 1.75 bits per heavy atom. The molecular weight excluding hydrogens is 356 g/mol. The average molecular weight is 382 g/mol. The number of aryl methyl sites for hydroxylation is 1. The van der Waals surface area contributed by atoms with Crippen molar-refractivity contribution in [2.75, 3.05) is 25.7 Å². The first-order chi connectivity index (χ1) is 13.6. The maximum absolute atomic E-state index is 12.7. The van der Waals surface area contributed by atoms with E-state index < -0.39 is 5.92 Å². The van der Waals surface area contributed by atoms with Gasteiger partial charge in [-0.1, -0.05) is 25.1 Å². The Morgan fingerprint density at radius 3 is 2.39 bits per heavy atom. The number of benzene rings is 2. The number of nitrogens with zero attached hydrogens (tertiary/aromatic N) is 1. The summed E-state index contributed by atoms with van der Waals surface area (Å²) in [5, 5.41) is 2.87. The summed E-state index contributed by atoms with van der Waals surface area (Å²) in [6.07, 6.45) is 1.47. The molecule has 0 radical (unpaired) electrons. The Morgan fingerprint density at radius 1 is 1.07 bits per heavy atom. The topological polar surface area (TPSA) is 67.9 Å². The quantitative estimate of drug-likeness (QED) is 0.748. The third kappa shape index (κ3) is 4.11. The second-order valence-corrected chi connectivity index (χ2v) is 6.76. The van der Waals surface area contributed by atoms with E-state index in [1.54, 1.807) is 25.2 Å². The van der Waals surface area contributed by atoms with Crippen molar-refractivity contribution >= 4 is 17.5 Å². The zero-order valence-electron chi connectivity index (χ0n) is 16.5. The molecule has 2 amide bonds. The molecule has 6 heteroatoms. The highest BCUT2D eigenvalue weighted by atomic mass is 16.5. The number of rotatable bonds is 7. The number of hydrogen-bond donors (Lipinski definition) is 1. The normalized spacial score (nSPS) is 16.2. The van der Waals surface area contributed by atoms with Crippen molar-refractivity contribution in [3.63, 3.8) is 0 Å². The van der Waals surface area contributed by atoms with E-state index in [0.717, 1.165) is 17.7 Å². The fourth-order valence-electron chi connectivity index (χ4n) is 3.39. The molecule has 28 heavy (non-hydrogen) atoms. The smallest absolute Gasteiger partial charge is 0.239 e. The van der Waals surface area contributed by atoms with Crippen molar-refractivity contribution in [2.45, 2.75) is 26.3 Å². The predicted octanol–water partition coefficient (Wildman–Crippen LogP) is 2.94. The fraction of sp³-hybridized carbons (Fsp3) is 0.364. The van der Waals surface area contributed by atoms with Crippen LogP contribution in [0.4, 0.5) is 5.69 Å². The van der Waals surface area contributed by atoms with Crippen molar-refractivity contribution in [1.82, 2.24) is 5.32 Å². The van der Waals surface area contributed by atoms with Crippen LogP contribution in [0.25, 0.3) is 0 Å². The summed E-state index contributed by atoms with van der Waals surface area (Å²) in [5.74, 6) is 0.202. The van der Waals surface area contributed by atoms with E-state index >= 15 is 0 Å². The van der Waals surface area contributed by atoms with Gasteiger partial charge in [-0.15, -0.1) is 0 Å². The second kappa shape index (κ2) is 8.78. The van der Waals surface area contributed by atoms with Gasteiger partial charge in [0.15, 0.2) is 11.5 Å². The summed E-state index contributed by atoms with van der Waals surface area (Å²) in [5.41, 5.74) is 2.94. The van der Waals surface area contributed by atoms with Crippen LogP contribution in [0.3, 0.4) is 0 Å². The molecule has 1 unspecified atom stereocenters. The van der Waals surface area contributed by atoms with Gasteiger partial charge in [0.25, 0.3) is 0 Å². The number of carbonyl (C=O) groups excluding carboxylic acids is 2. The summed E-state index contributed by atoms with van der Waals surface area (Å²) in [4.78, 5) is 27.0. The lowest BCUT2D eigenvalue weighted by atomic mass is 10.1. The molecule has 148 valence electrons. The third-order valence-electron chi connectivity index (χ3n) is 5.09.